The van der Waals surface area contributed by atoms with Crippen molar-refractivity contribution >= 4 is 23.4 Å². The predicted molar refractivity (Wildman–Crippen MR) is 110 cm³/mol. The quantitative estimate of drug-likeness (QED) is 0.674. The number of hydrogen-bond donors (Lipinski definition) is 2. The van der Waals surface area contributed by atoms with E-state index < -0.39 is 45.2 Å². The van der Waals surface area contributed by atoms with Gasteiger partial charge in [-0.25, -0.2) is 8.78 Å². The van der Waals surface area contributed by atoms with Crippen molar-refractivity contribution in [3.05, 3.63) is 62.0 Å². The number of aromatic hydroxyl groups is 1. The van der Waals surface area contributed by atoms with Gasteiger partial charge in [-0.2, -0.15) is 0 Å². The monoisotopic (exact) mass is 467 g/mol. The minimum Gasteiger partial charge on any atom is -0.503 e. The van der Waals surface area contributed by atoms with E-state index in [9.17, 15) is 28.3 Å². The lowest BCUT2D eigenvalue weighted by Crippen LogP contribution is -2.57. The smallest absolute Gasteiger partial charge is 0.274 e. The van der Waals surface area contributed by atoms with E-state index in [-0.39, 0.29) is 36.0 Å². The highest BCUT2D eigenvalue weighted by Crippen LogP contribution is 2.36. The molecule has 32 heavy (non-hydrogen) atoms. The zero-order valence-corrected chi connectivity index (χ0v) is 17.9. The Hall–Kier alpha value is -2.98. The number of halogens is 3. The average molecular weight is 468 g/mol. The number of nitrogens with zero attached hydrogens (tertiary/aromatic N) is 2. The number of hydrogen-bond acceptors (Lipinski definition) is 5. The number of fused-ring (bicyclic) bond motifs is 3. The van der Waals surface area contributed by atoms with Crippen molar-refractivity contribution in [2.75, 3.05) is 13.7 Å². The molecule has 170 valence electrons. The highest BCUT2D eigenvalue weighted by Gasteiger charge is 2.45. The number of nitrogens with one attached hydrogen (secondary N) is 1. The Bertz CT molecular complexity index is 1190. The summed E-state index contributed by atoms with van der Waals surface area (Å²) in [4.78, 5) is 39.7. The van der Waals surface area contributed by atoms with E-state index in [4.69, 9.17) is 16.3 Å². The van der Waals surface area contributed by atoms with E-state index in [0.717, 1.165) is 12.1 Å². The first kappa shape index (κ1) is 22.2. The third-order valence-electron chi connectivity index (χ3n) is 6.01. The molecule has 2 amide bonds. The van der Waals surface area contributed by atoms with Gasteiger partial charge in [-0.3, -0.25) is 14.4 Å². The van der Waals surface area contributed by atoms with Crippen molar-refractivity contribution < 1.29 is 28.2 Å². The fourth-order valence-electron chi connectivity index (χ4n) is 4.36. The number of carbonyl (C=O) groups excluding carboxylic acids is 2. The first-order valence-corrected chi connectivity index (χ1v) is 10.3. The molecule has 4 rings (SSSR count). The van der Waals surface area contributed by atoms with Crippen LogP contribution in [0, 0.1) is 11.6 Å². The number of ether oxygens (including phenoxy) is 1. The molecular weight excluding hydrogens is 448 g/mol. The molecule has 0 radical (unpaired) electrons. The van der Waals surface area contributed by atoms with Crippen LogP contribution in [0.15, 0.2) is 23.1 Å². The van der Waals surface area contributed by atoms with Crippen LogP contribution in [0.3, 0.4) is 0 Å². The molecule has 2 aliphatic heterocycles. The van der Waals surface area contributed by atoms with Gasteiger partial charge in [-0.15, -0.1) is 0 Å². The van der Waals surface area contributed by atoms with Crippen LogP contribution >= 0.6 is 11.6 Å². The zero-order valence-electron chi connectivity index (χ0n) is 17.2. The highest BCUT2D eigenvalue weighted by molar-refractivity contribution is 6.30. The Morgan fingerprint density at radius 2 is 2.06 bits per heavy atom. The van der Waals surface area contributed by atoms with E-state index >= 15 is 0 Å². The van der Waals surface area contributed by atoms with Gasteiger partial charge in [0, 0.05) is 32.0 Å². The topological polar surface area (TPSA) is 101 Å². The molecule has 2 aliphatic rings. The van der Waals surface area contributed by atoms with Crippen LogP contribution in [0.1, 0.15) is 45.8 Å². The van der Waals surface area contributed by atoms with E-state index in [0.29, 0.717) is 13.0 Å². The lowest BCUT2D eigenvalue weighted by molar-refractivity contribution is -0.0598. The molecule has 1 aromatic heterocycles. The average Bonchev–Trinajstić information content (AvgIpc) is 2.76. The van der Waals surface area contributed by atoms with E-state index in [2.05, 4.69) is 5.32 Å². The van der Waals surface area contributed by atoms with E-state index in [1.54, 1.807) is 7.05 Å². The molecule has 0 aliphatic carbocycles. The van der Waals surface area contributed by atoms with Crippen LogP contribution < -0.4 is 10.7 Å². The number of likely N-dealkylation sites (N-methyl/N-ethyl adjacent to an activating group) is 1. The molecule has 1 fully saturated rings. The van der Waals surface area contributed by atoms with Crippen molar-refractivity contribution in [1.82, 2.24) is 14.8 Å². The van der Waals surface area contributed by atoms with Gasteiger partial charge < -0.3 is 24.6 Å². The largest absolute Gasteiger partial charge is 0.503 e. The maximum atomic E-state index is 14.1. The Morgan fingerprint density at radius 3 is 2.78 bits per heavy atom. The minimum absolute atomic E-state index is 0.0813. The Balaban J connectivity index is 1.69. The summed E-state index contributed by atoms with van der Waals surface area (Å²) in [5.74, 6) is -4.24. The van der Waals surface area contributed by atoms with Gasteiger partial charge in [0.15, 0.2) is 11.4 Å². The Labute approximate surface area is 186 Å². The standard InChI is InChI=1S/C21H20ClF2N3O5/c1-9-16-13(5-6-32-9)27-8-11(18(28)19(29)17(27)21(31)26(16)2)20(30)25-7-10-3-4-12(23)14(22)15(10)24/h3-4,8-9,13,16,29H,5-7H2,1-2H3,(H,25,30)/t9-,13-,16+/m0/s1. The summed E-state index contributed by atoms with van der Waals surface area (Å²) in [5.41, 5.74) is -1.70. The number of aromatic nitrogens is 1. The second-order valence-electron chi connectivity index (χ2n) is 7.83. The second kappa shape index (κ2) is 8.18. The third kappa shape index (κ3) is 3.43. The Kier molecular flexibility index (Phi) is 5.68. The summed E-state index contributed by atoms with van der Waals surface area (Å²) < 4.78 is 34.5. The minimum atomic E-state index is -1.02. The fourth-order valence-corrected chi connectivity index (χ4v) is 4.55. The molecule has 0 saturated carbocycles. The van der Waals surface area contributed by atoms with Gasteiger partial charge in [-0.05, 0) is 19.4 Å². The van der Waals surface area contributed by atoms with Crippen molar-refractivity contribution in [2.45, 2.75) is 38.1 Å². The number of rotatable bonds is 3. The number of carbonyl (C=O) groups is 2. The molecule has 11 heteroatoms. The lowest BCUT2D eigenvalue weighted by atomic mass is 9.92. The zero-order chi connectivity index (χ0) is 23.3. The fraction of sp³-hybridized carbons (Fsp3) is 0.381. The van der Waals surface area contributed by atoms with Gasteiger partial charge in [0.2, 0.25) is 5.43 Å². The summed E-state index contributed by atoms with van der Waals surface area (Å²) in [7, 11) is 1.57. The maximum absolute atomic E-state index is 14.1. The van der Waals surface area contributed by atoms with Crippen molar-refractivity contribution in [1.29, 1.82) is 0 Å². The summed E-state index contributed by atoms with van der Waals surface area (Å²) in [6.07, 6.45) is 1.45. The van der Waals surface area contributed by atoms with E-state index in [1.807, 2.05) is 6.92 Å². The van der Waals surface area contributed by atoms with Crippen LogP contribution in [0.4, 0.5) is 8.78 Å². The summed E-state index contributed by atoms with van der Waals surface area (Å²) in [6, 6.07) is 1.41. The maximum Gasteiger partial charge on any atom is 0.274 e. The molecule has 0 unspecified atom stereocenters. The molecule has 0 bridgehead atoms. The number of amides is 2. The second-order valence-corrected chi connectivity index (χ2v) is 8.21. The van der Waals surface area contributed by atoms with Gasteiger partial charge >= 0.3 is 0 Å². The predicted octanol–water partition coefficient (Wildman–Crippen LogP) is 2.22. The van der Waals surface area contributed by atoms with Gasteiger partial charge in [-0.1, -0.05) is 17.7 Å². The van der Waals surface area contributed by atoms with Gasteiger partial charge in [0.05, 0.1) is 18.2 Å². The molecule has 1 saturated heterocycles. The highest BCUT2D eigenvalue weighted by atomic mass is 35.5. The summed E-state index contributed by atoms with van der Waals surface area (Å²) in [6.45, 7) is 1.86. The normalized spacial score (nSPS) is 22.3. The lowest BCUT2D eigenvalue weighted by Gasteiger charge is -2.47. The first-order valence-electron chi connectivity index (χ1n) is 9.91. The van der Waals surface area contributed by atoms with Crippen molar-refractivity contribution in [2.24, 2.45) is 0 Å². The molecule has 1 aromatic carbocycles. The molecule has 0 spiro atoms. The van der Waals surface area contributed by atoms with E-state index in [1.165, 1.54) is 15.7 Å². The SMILES string of the molecule is C[C@@H]1OCC[C@H]2[C@@H]1N(C)C(=O)c1c(O)c(=O)c(C(=O)NCc3ccc(F)c(Cl)c3F)cn12. The Morgan fingerprint density at radius 1 is 1.34 bits per heavy atom. The number of pyridine rings is 1. The molecular formula is C21H20ClF2N3O5. The van der Waals surface area contributed by atoms with Crippen molar-refractivity contribution in [3.63, 3.8) is 0 Å². The molecule has 2 aromatic rings. The summed E-state index contributed by atoms with van der Waals surface area (Å²) >= 11 is 5.55. The third-order valence-corrected chi connectivity index (χ3v) is 6.35. The molecule has 2 N–H and O–H groups in total. The molecule has 8 nitrogen and oxygen atoms in total. The van der Waals surface area contributed by atoms with Gasteiger partial charge in [0.25, 0.3) is 11.8 Å². The van der Waals surface area contributed by atoms with Gasteiger partial charge in [0.1, 0.15) is 22.2 Å². The van der Waals surface area contributed by atoms with Crippen LogP contribution in [0.2, 0.25) is 5.02 Å². The first-order chi connectivity index (χ1) is 15.1. The molecule has 3 atom stereocenters. The van der Waals surface area contributed by atoms with Crippen LogP contribution in [0.5, 0.6) is 5.75 Å². The molecule has 3 heterocycles. The van der Waals surface area contributed by atoms with Crippen LogP contribution in [0.25, 0.3) is 0 Å². The summed E-state index contributed by atoms with van der Waals surface area (Å²) in [5, 5.41) is 12.2. The van der Waals surface area contributed by atoms with Crippen molar-refractivity contribution in [3.8, 4) is 5.75 Å². The van der Waals surface area contributed by atoms with Crippen LogP contribution in [-0.2, 0) is 11.3 Å². The van der Waals surface area contributed by atoms with Crippen LogP contribution in [-0.4, -0.2) is 52.2 Å². The number of benzene rings is 1.